The van der Waals surface area contributed by atoms with E-state index in [2.05, 4.69) is 22.3 Å². The zero-order valence-electron chi connectivity index (χ0n) is 18.6. The molecule has 0 unspecified atom stereocenters. The Balaban J connectivity index is 1.39. The van der Waals surface area contributed by atoms with E-state index in [4.69, 9.17) is 4.74 Å². The van der Waals surface area contributed by atoms with Crippen LogP contribution in [0.2, 0.25) is 0 Å². The first-order chi connectivity index (χ1) is 16.1. The fourth-order valence-corrected chi connectivity index (χ4v) is 3.82. The van der Waals surface area contributed by atoms with Crippen molar-refractivity contribution in [2.75, 3.05) is 43.5 Å². The second kappa shape index (κ2) is 10.5. The van der Waals surface area contributed by atoms with Crippen LogP contribution in [0.5, 0.6) is 5.75 Å². The lowest BCUT2D eigenvalue weighted by molar-refractivity contribution is -0.111. The summed E-state index contributed by atoms with van der Waals surface area (Å²) in [5.74, 6) is 0.395. The Labute approximate surface area is 194 Å². The fourth-order valence-electron chi connectivity index (χ4n) is 3.82. The van der Waals surface area contributed by atoms with Crippen molar-refractivity contribution in [2.45, 2.75) is 0 Å². The van der Waals surface area contributed by atoms with E-state index in [-0.39, 0.29) is 11.8 Å². The minimum Gasteiger partial charge on any atom is -0.497 e. The molecule has 2 amide bonds. The monoisotopic (exact) mass is 441 g/mol. The van der Waals surface area contributed by atoms with Gasteiger partial charge < -0.3 is 19.9 Å². The van der Waals surface area contributed by atoms with Crippen LogP contribution >= 0.6 is 0 Å². The summed E-state index contributed by atoms with van der Waals surface area (Å²) in [5.41, 5.74) is 3.06. The average Bonchev–Trinajstić information content (AvgIpc) is 2.88. The molecule has 0 radical (unpaired) electrons. The number of hydrogen-bond donors (Lipinski definition) is 1. The number of amides is 2. The molecule has 1 aliphatic rings. The first-order valence-electron chi connectivity index (χ1n) is 11.0. The summed E-state index contributed by atoms with van der Waals surface area (Å²) in [7, 11) is 1.61. The molecule has 0 saturated carbocycles. The van der Waals surface area contributed by atoms with Crippen LogP contribution in [0.4, 0.5) is 11.4 Å². The van der Waals surface area contributed by atoms with Gasteiger partial charge in [0.1, 0.15) is 5.75 Å². The third kappa shape index (κ3) is 5.60. The lowest BCUT2D eigenvalue weighted by atomic mass is 10.1. The molecule has 1 saturated heterocycles. The Kier molecular flexibility index (Phi) is 7.05. The number of ether oxygens (including phenoxy) is 1. The smallest absolute Gasteiger partial charge is 0.256 e. The summed E-state index contributed by atoms with van der Waals surface area (Å²) >= 11 is 0. The minimum atomic E-state index is -0.292. The molecule has 0 aromatic heterocycles. The number of benzene rings is 3. The fraction of sp³-hybridized carbons (Fsp3) is 0.185. The molecule has 4 rings (SSSR count). The van der Waals surface area contributed by atoms with E-state index in [1.807, 2.05) is 59.5 Å². The zero-order valence-corrected chi connectivity index (χ0v) is 18.6. The molecule has 168 valence electrons. The highest BCUT2D eigenvalue weighted by atomic mass is 16.5. The highest BCUT2D eigenvalue weighted by Crippen LogP contribution is 2.21. The van der Waals surface area contributed by atoms with Gasteiger partial charge in [0.05, 0.1) is 18.4 Å². The van der Waals surface area contributed by atoms with Crippen LogP contribution in [-0.4, -0.2) is 50.0 Å². The molecule has 6 heteroatoms. The van der Waals surface area contributed by atoms with Gasteiger partial charge in [0, 0.05) is 37.9 Å². The molecule has 33 heavy (non-hydrogen) atoms. The zero-order chi connectivity index (χ0) is 23.0. The predicted octanol–water partition coefficient (Wildman–Crippen LogP) is 4.31. The summed E-state index contributed by atoms with van der Waals surface area (Å²) in [6, 6.07) is 24.8. The number of para-hydroxylation sites is 2. The maximum absolute atomic E-state index is 13.2. The van der Waals surface area contributed by atoms with E-state index in [9.17, 15) is 9.59 Å². The Bertz CT molecular complexity index is 1120. The third-order valence-corrected chi connectivity index (χ3v) is 5.65. The number of nitrogens with one attached hydrogen (secondary N) is 1. The molecule has 6 nitrogen and oxygen atoms in total. The number of hydrogen-bond acceptors (Lipinski definition) is 4. The Hall–Kier alpha value is -4.06. The number of carbonyl (C=O) groups excluding carboxylic acids is 2. The second-order valence-electron chi connectivity index (χ2n) is 7.76. The first-order valence-corrected chi connectivity index (χ1v) is 11.0. The highest BCUT2D eigenvalue weighted by molar-refractivity contribution is 6.07. The van der Waals surface area contributed by atoms with Crippen LogP contribution in [0.3, 0.4) is 0 Å². The van der Waals surface area contributed by atoms with Crippen molar-refractivity contribution >= 4 is 29.3 Å². The van der Waals surface area contributed by atoms with Crippen molar-refractivity contribution < 1.29 is 14.3 Å². The summed E-state index contributed by atoms with van der Waals surface area (Å²) < 4.78 is 5.15. The summed E-state index contributed by atoms with van der Waals surface area (Å²) in [6.45, 7) is 2.81. The van der Waals surface area contributed by atoms with Gasteiger partial charge in [-0.05, 0) is 48.0 Å². The van der Waals surface area contributed by atoms with Crippen LogP contribution in [0, 0.1) is 0 Å². The van der Waals surface area contributed by atoms with E-state index in [1.54, 1.807) is 25.3 Å². The van der Waals surface area contributed by atoms with Gasteiger partial charge in [0.15, 0.2) is 0 Å². The summed E-state index contributed by atoms with van der Waals surface area (Å²) in [5, 5.41) is 2.85. The van der Waals surface area contributed by atoms with Crippen LogP contribution in [0.15, 0.2) is 84.9 Å². The molecule has 0 spiro atoms. The normalized spacial score (nSPS) is 13.7. The number of carbonyl (C=O) groups is 2. The van der Waals surface area contributed by atoms with Gasteiger partial charge >= 0.3 is 0 Å². The van der Waals surface area contributed by atoms with Crippen molar-refractivity contribution in [1.82, 2.24) is 4.90 Å². The highest BCUT2D eigenvalue weighted by Gasteiger charge is 2.24. The molecule has 0 atom stereocenters. The Morgan fingerprint density at radius 2 is 1.52 bits per heavy atom. The topological polar surface area (TPSA) is 61.9 Å². The summed E-state index contributed by atoms with van der Waals surface area (Å²) in [4.78, 5) is 29.8. The van der Waals surface area contributed by atoms with E-state index in [0.717, 1.165) is 24.4 Å². The largest absolute Gasteiger partial charge is 0.497 e. The van der Waals surface area contributed by atoms with Crippen molar-refractivity contribution in [1.29, 1.82) is 0 Å². The predicted molar refractivity (Wildman–Crippen MR) is 132 cm³/mol. The van der Waals surface area contributed by atoms with Crippen LogP contribution in [-0.2, 0) is 4.79 Å². The number of anilines is 2. The van der Waals surface area contributed by atoms with E-state index >= 15 is 0 Å². The van der Waals surface area contributed by atoms with Crippen molar-refractivity contribution in [2.24, 2.45) is 0 Å². The van der Waals surface area contributed by atoms with Gasteiger partial charge in [0.2, 0.25) is 5.91 Å². The molecule has 3 aromatic rings. The molecule has 1 heterocycles. The van der Waals surface area contributed by atoms with Crippen LogP contribution in [0.1, 0.15) is 15.9 Å². The van der Waals surface area contributed by atoms with Gasteiger partial charge in [-0.1, -0.05) is 42.5 Å². The quantitative estimate of drug-likeness (QED) is 0.579. The van der Waals surface area contributed by atoms with Gasteiger partial charge in [0.25, 0.3) is 5.91 Å². The SMILES string of the molecule is COc1ccc(/C=C/C(=O)Nc2ccccc2C(=O)N2CCN(c3ccccc3)CC2)cc1. The lowest BCUT2D eigenvalue weighted by Crippen LogP contribution is -2.48. The van der Waals surface area contributed by atoms with Crippen molar-refractivity contribution in [3.63, 3.8) is 0 Å². The maximum Gasteiger partial charge on any atom is 0.256 e. The Morgan fingerprint density at radius 1 is 0.848 bits per heavy atom. The summed E-state index contributed by atoms with van der Waals surface area (Å²) in [6.07, 6.45) is 3.18. The molecule has 0 aliphatic carbocycles. The van der Waals surface area contributed by atoms with Crippen molar-refractivity contribution in [3.05, 3.63) is 96.1 Å². The van der Waals surface area contributed by atoms with Gasteiger partial charge in [-0.15, -0.1) is 0 Å². The van der Waals surface area contributed by atoms with Crippen LogP contribution < -0.4 is 15.0 Å². The molecule has 1 aliphatic heterocycles. The number of piperazine rings is 1. The number of methoxy groups -OCH3 is 1. The minimum absolute atomic E-state index is 0.0715. The van der Waals surface area contributed by atoms with Crippen LogP contribution in [0.25, 0.3) is 6.08 Å². The second-order valence-corrected chi connectivity index (χ2v) is 7.76. The third-order valence-electron chi connectivity index (χ3n) is 5.65. The van der Waals surface area contributed by atoms with Gasteiger partial charge in [-0.3, -0.25) is 9.59 Å². The lowest BCUT2D eigenvalue weighted by Gasteiger charge is -2.36. The Morgan fingerprint density at radius 3 is 2.21 bits per heavy atom. The number of rotatable bonds is 6. The molecule has 1 N–H and O–H groups in total. The van der Waals surface area contributed by atoms with Gasteiger partial charge in [-0.25, -0.2) is 0 Å². The van der Waals surface area contributed by atoms with E-state index in [1.165, 1.54) is 11.8 Å². The van der Waals surface area contributed by atoms with Crippen molar-refractivity contribution in [3.8, 4) is 5.75 Å². The average molecular weight is 442 g/mol. The standard InChI is InChI=1S/C27H27N3O3/c1-33-23-14-11-21(12-15-23)13-16-26(31)28-25-10-6-5-9-24(25)27(32)30-19-17-29(18-20-30)22-7-3-2-4-8-22/h2-16H,17-20H2,1H3,(H,28,31)/b16-13+. The molecule has 3 aromatic carbocycles. The molecule has 0 bridgehead atoms. The van der Waals surface area contributed by atoms with Gasteiger partial charge in [-0.2, -0.15) is 0 Å². The maximum atomic E-state index is 13.2. The molecule has 1 fully saturated rings. The number of nitrogens with zero attached hydrogens (tertiary/aromatic N) is 2. The molecular weight excluding hydrogens is 414 g/mol. The van der Waals surface area contributed by atoms with E-state index < -0.39 is 0 Å². The molecular formula is C27H27N3O3. The van der Waals surface area contributed by atoms with E-state index in [0.29, 0.717) is 24.3 Å². The first kappa shape index (κ1) is 22.1.